The monoisotopic (exact) mass is 280 g/mol. The van der Waals surface area contributed by atoms with Gasteiger partial charge in [0.1, 0.15) is 5.69 Å². The van der Waals surface area contributed by atoms with Crippen LogP contribution in [0.4, 0.5) is 0 Å². The molecule has 0 saturated carbocycles. The number of rotatable bonds is 6. The van der Waals surface area contributed by atoms with E-state index in [1.54, 1.807) is 0 Å². The number of amides is 1. The van der Waals surface area contributed by atoms with Gasteiger partial charge in [-0.15, -0.1) is 0 Å². The van der Waals surface area contributed by atoms with E-state index in [0.29, 0.717) is 5.69 Å². The van der Waals surface area contributed by atoms with Crippen molar-refractivity contribution < 1.29 is 4.79 Å². The molecule has 0 fully saturated rings. The molecule has 0 radical (unpaired) electrons. The molecule has 0 aliphatic rings. The van der Waals surface area contributed by atoms with Crippen molar-refractivity contribution in [3.63, 3.8) is 0 Å². The maximum Gasteiger partial charge on any atom is 0.269 e. The van der Waals surface area contributed by atoms with Gasteiger partial charge in [0.25, 0.3) is 5.91 Å². The van der Waals surface area contributed by atoms with Crippen LogP contribution in [0.5, 0.6) is 0 Å². The standard InChI is InChI=1S/C15H28N4O/c1-7-8-19-11(9-12(17-19)13(16)20)10-15(5,6)18-14(2,3)4/h9,18H,7-8,10H2,1-6H3,(H2,16,20). The zero-order valence-electron chi connectivity index (χ0n) is 13.6. The number of aryl methyl sites for hydroxylation is 1. The summed E-state index contributed by atoms with van der Waals surface area (Å²) < 4.78 is 1.90. The van der Waals surface area contributed by atoms with Gasteiger partial charge in [-0.3, -0.25) is 9.48 Å². The molecular weight excluding hydrogens is 252 g/mol. The topological polar surface area (TPSA) is 72.9 Å². The Morgan fingerprint density at radius 1 is 1.35 bits per heavy atom. The first kappa shape index (κ1) is 16.7. The molecular formula is C15H28N4O. The van der Waals surface area contributed by atoms with E-state index in [9.17, 15) is 4.79 Å². The summed E-state index contributed by atoms with van der Waals surface area (Å²) >= 11 is 0. The average molecular weight is 280 g/mol. The van der Waals surface area contributed by atoms with Crippen LogP contribution >= 0.6 is 0 Å². The first-order valence-corrected chi connectivity index (χ1v) is 7.20. The minimum Gasteiger partial charge on any atom is -0.364 e. The van der Waals surface area contributed by atoms with Gasteiger partial charge < -0.3 is 11.1 Å². The number of nitrogens with zero attached hydrogens (tertiary/aromatic N) is 2. The Hall–Kier alpha value is -1.36. The van der Waals surface area contributed by atoms with Gasteiger partial charge in [-0.05, 0) is 47.1 Å². The Kier molecular flexibility index (Phi) is 4.97. The third kappa shape index (κ3) is 4.96. The zero-order valence-corrected chi connectivity index (χ0v) is 13.6. The van der Waals surface area contributed by atoms with Gasteiger partial charge in [0.15, 0.2) is 0 Å². The molecule has 1 heterocycles. The Bertz CT molecular complexity index is 469. The smallest absolute Gasteiger partial charge is 0.269 e. The highest BCUT2D eigenvalue weighted by atomic mass is 16.1. The Labute approximate surface area is 121 Å². The molecule has 0 saturated heterocycles. The van der Waals surface area contributed by atoms with Crippen molar-refractivity contribution in [1.29, 1.82) is 0 Å². The highest BCUT2D eigenvalue weighted by Crippen LogP contribution is 2.18. The number of hydrogen-bond acceptors (Lipinski definition) is 3. The highest BCUT2D eigenvalue weighted by molar-refractivity contribution is 5.90. The van der Waals surface area contributed by atoms with Crippen molar-refractivity contribution in [2.45, 2.75) is 72.0 Å². The molecule has 0 aromatic carbocycles. The average Bonchev–Trinajstić information content (AvgIpc) is 2.57. The van der Waals surface area contributed by atoms with Crippen molar-refractivity contribution in [2.24, 2.45) is 5.73 Å². The maximum absolute atomic E-state index is 11.3. The van der Waals surface area contributed by atoms with E-state index in [0.717, 1.165) is 25.1 Å². The van der Waals surface area contributed by atoms with E-state index in [1.807, 2.05) is 10.7 Å². The predicted octanol–water partition coefficient (Wildman–Crippen LogP) is 2.10. The van der Waals surface area contributed by atoms with Gasteiger partial charge in [0.2, 0.25) is 0 Å². The molecule has 0 atom stereocenters. The highest BCUT2D eigenvalue weighted by Gasteiger charge is 2.26. The number of aromatic nitrogens is 2. The number of nitrogens with two attached hydrogens (primary N) is 1. The number of nitrogens with one attached hydrogen (secondary N) is 1. The fraction of sp³-hybridized carbons (Fsp3) is 0.733. The molecule has 1 rings (SSSR count). The predicted molar refractivity (Wildman–Crippen MR) is 81.7 cm³/mol. The van der Waals surface area contributed by atoms with E-state index in [4.69, 9.17) is 5.73 Å². The molecule has 114 valence electrons. The SMILES string of the molecule is CCCn1nc(C(N)=O)cc1CC(C)(C)NC(C)(C)C. The minimum absolute atomic E-state index is 0.0334. The number of carbonyl (C=O) groups excluding carboxylic acids is 1. The van der Waals surface area contributed by atoms with Crippen molar-refractivity contribution in [2.75, 3.05) is 0 Å². The molecule has 0 aliphatic carbocycles. The summed E-state index contributed by atoms with van der Waals surface area (Å²) in [4.78, 5) is 11.3. The summed E-state index contributed by atoms with van der Waals surface area (Å²) in [5, 5.41) is 7.89. The summed E-state index contributed by atoms with van der Waals surface area (Å²) in [5.74, 6) is -0.470. The van der Waals surface area contributed by atoms with Gasteiger partial charge in [-0.1, -0.05) is 6.92 Å². The van der Waals surface area contributed by atoms with E-state index >= 15 is 0 Å². The van der Waals surface area contributed by atoms with Crippen molar-refractivity contribution in [3.05, 3.63) is 17.5 Å². The van der Waals surface area contributed by atoms with Gasteiger partial charge >= 0.3 is 0 Å². The van der Waals surface area contributed by atoms with Crippen molar-refractivity contribution in [1.82, 2.24) is 15.1 Å². The first-order valence-electron chi connectivity index (χ1n) is 7.20. The number of hydrogen-bond donors (Lipinski definition) is 2. The van der Waals surface area contributed by atoms with E-state index < -0.39 is 5.91 Å². The molecule has 3 N–H and O–H groups in total. The van der Waals surface area contributed by atoms with Crippen LogP contribution in [0.1, 0.15) is 64.1 Å². The van der Waals surface area contributed by atoms with Crippen LogP contribution in [0.25, 0.3) is 0 Å². The van der Waals surface area contributed by atoms with E-state index in [1.165, 1.54) is 0 Å². The van der Waals surface area contributed by atoms with Gasteiger partial charge in [-0.25, -0.2) is 0 Å². The van der Waals surface area contributed by atoms with Crippen LogP contribution in [0, 0.1) is 0 Å². The number of primary amides is 1. The molecule has 0 bridgehead atoms. The maximum atomic E-state index is 11.3. The molecule has 0 unspecified atom stereocenters. The molecule has 1 amide bonds. The lowest BCUT2D eigenvalue weighted by Gasteiger charge is -2.35. The van der Waals surface area contributed by atoms with Gasteiger partial charge in [0.05, 0.1) is 0 Å². The third-order valence-corrected chi connectivity index (χ3v) is 2.89. The molecule has 0 spiro atoms. The molecule has 0 aliphatic heterocycles. The van der Waals surface area contributed by atoms with Crippen LogP contribution in [0.2, 0.25) is 0 Å². The quantitative estimate of drug-likeness (QED) is 0.838. The fourth-order valence-corrected chi connectivity index (χ4v) is 2.64. The summed E-state index contributed by atoms with van der Waals surface area (Å²) in [7, 11) is 0. The lowest BCUT2D eigenvalue weighted by Crippen LogP contribution is -2.51. The normalized spacial score (nSPS) is 12.7. The van der Waals surface area contributed by atoms with Crippen molar-refractivity contribution >= 4 is 5.91 Å². The molecule has 1 aromatic heterocycles. The second-order valence-corrected chi connectivity index (χ2v) is 7.04. The second kappa shape index (κ2) is 5.95. The van der Waals surface area contributed by atoms with Crippen LogP contribution in [0.15, 0.2) is 6.07 Å². The molecule has 5 heteroatoms. The second-order valence-electron chi connectivity index (χ2n) is 7.04. The minimum atomic E-state index is -0.470. The molecule has 1 aromatic rings. The van der Waals surface area contributed by atoms with Crippen LogP contribution in [-0.2, 0) is 13.0 Å². The molecule has 20 heavy (non-hydrogen) atoms. The van der Waals surface area contributed by atoms with Gasteiger partial charge in [-0.2, -0.15) is 5.10 Å². The Morgan fingerprint density at radius 3 is 2.40 bits per heavy atom. The lowest BCUT2D eigenvalue weighted by molar-refractivity contribution is 0.0994. The lowest BCUT2D eigenvalue weighted by atomic mass is 9.93. The fourth-order valence-electron chi connectivity index (χ4n) is 2.64. The van der Waals surface area contributed by atoms with E-state index in [-0.39, 0.29) is 11.1 Å². The summed E-state index contributed by atoms with van der Waals surface area (Å²) in [6.45, 7) is 13.6. The third-order valence-electron chi connectivity index (χ3n) is 2.89. The van der Waals surface area contributed by atoms with Crippen LogP contribution in [0.3, 0.4) is 0 Å². The first-order chi connectivity index (χ1) is 9.04. The summed E-state index contributed by atoms with van der Waals surface area (Å²) in [5.41, 5.74) is 6.67. The van der Waals surface area contributed by atoms with Crippen molar-refractivity contribution in [3.8, 4) is 0 Å². The summed E-state index contributed by atoms with van der Waals surface area (Å²) in [6, 6.07) is 1.81. The van der Waals surface area contributed by atoms with Crippen LogP contribution < -0.4 is 11.1 Å². The zero-order chi connectivity index (χ0) is 15.6. The summed E-state index contributed by atoms with van der Waals surface area (Å²) in [6.07, 6.45) is 1.77. The Balaban J connectivity index is 2.97. The number of carbonyl (C=O) groups is 1. The molecule has 5 nitrogen and oxygen atoms in total. The van der Waals surface area contributed by atoms with Gasteiger partial charge in [0, 0.05) is 29.7 Å². The van der Waals surface area contributed by atoms with Crippen LogP contribution in [-0.4, -0.2) is 26.8 Å². The largest absolute Gasteiger partial charge is 0.364 e. The van der Waals surface area contributed by atoms with E-state index in [2.05, 4.69) is 52.0 Å². The Morgan fingerprint density at radius 2 is 1.95 bits per heavy atom.